The molecule has 1 N–H and O–H groups in total. The zero-order valence-corrected chi connectivity index (χ0v) is 18.1. The van der Waals surface area contributed by atoms with Gasteiger partial charge in [-0.3, -0.25) is 4.79 Å². The molecule has 2 aliphatic rings. The summed E-state index contributed by atoms with van der Waals surface area (Å²) in [5, 5.41) is 5.43. The van der Waals surface area contributed by atoms with Gasteiger partial charge in [0.15, 0.2) is 5.96 Å². The quantitative estimate of drug-likeness (QED) is 0.600. The SMILES string of the molecule is CCNC(=NCC(=O)N1CCc2sccc2C1)N1CCN(c2ccc(F)cc2)CC1. The summed E-state index contributed by atoms with van der Waals surface area (Å²) in [6.07, 6.45) is 0.938. The number of guanidine groups is 1. The van der Waals surface area contributed by atoms with E-state index in [4.69, 9.17) is 0 Å². The van der Waals surface area contributed by atoms with Gasteiger partial charge in [0.2, 0.25) is 5.91 Å². The number of hydrogen-bond donors (Lipinski definition) is 1. The lowest BCUT2D eigenvalue weighted by molar-refractivity contribution is -0.130. The molecule has 160 valence electrons. The number of nitrogens with zero attached hydrogens (tertiary/aromatic N) is 4. The van der Waals surface area contributed by atoms with Crippen molar-refractivity contribution in [2.24, 2.45) is 4.99 Å². The van der Waals surface area contributed by atoms with Crippen LogP contribution in [0, 0.1) is 5.82 Å². The van der Waals surface area contributed by atoms with Crippen LogP contribution >= 0.6 is 11.3 Å². The van der Waals surface area contributed by atoms with Crippen molar-refractivity contribution >= 4 is 28.9 Å². The van der Waals surface area contributed by atoms with Crippen LogP contribution < -0.4 is 10.2 Å². The van der Waals surface area contributed by atoms with E-state index < -0.39 is 0 Å². The third kappa shape index (κ3) is 4.75. The third-order valence-corrected chi connectivity index (χ3v) is 6.65. The number of carbonyl (C=O) groups is 1. The Morgan fingerprint density at radius 1 is 1.10 bits per heavy atom. The summed E-state index contributed by atoms with van der Waals surface area (Å²) in [7, 11) is 0. The number of rotatable bonds is 4. The second-order valence-corrected chi connectivity index (χ2v) is 8.56. The maximum absolute atomic E-state index is 13.2. The van der Waals surface area contributed by atoms with Crippen LogP contribution in [0.4, 0.5) is 10.1 Å². The molecule has 0 spiro atoms. The Balaban J connectivity index is 1.34. The molecule has 0 aliphatic carbocycles. The number of fused-ring (bicyclic) bond motifs is 1. The van der Waals surface area contributed by atoms with Gasteiger partial charge in [-0.15, -0.1) is 11.3 Å². The van der Waals surface area contributed by atoms with Crippen molar-refractivity contribution in [3.8, 4) is 0 Å². The number of amides is 1. The van der Waals surface area contributed by atoms with Gasteiger partial charge in [-0.05, 0) is 54.6 Å². The van der Waals surface area contributed by atoms with Crippen molar-refractivity contribution in [2.45, 2.75) is 19.9 Å². The van der Waals surface area contributed by atoms with E-state index in [1.807, 2.05) is 24.0 Å². The van der Waals surface area contributed by atoms with Crippen molar-refractivity contribution in [3.05, 3.63) is 52.0 Å². The molecule has 0 saturated carbocycles. The van der Waals surface area contributed by atoms with Crippen molar-refractivity contribution in [1.29, 1.82) is 0 Å². The van der Waals surface area contributed by atoms with Gasteiger partial charge in [0.25, 0.3) is 0 Å². The number of aliphatic imine (C=N–C) groups is 1. The lowest BCUT2D eigenvalue weighted by atomic mass is 10.1. The lowest BCUT2D eigenvalue weighted by Gasteiger charge is -2.37. The van der Waals surface area contributed by atoms with E-state index in [1.165, 1.54) is 22.6 Å². The molecule has 2 aromatic rings. The number of piperazine rings is 1. The predicted octanol–water partition coefficient (Wildman–Crippen LogP) is 2.56. The summed E-state index contributed by atoms with van der Waals surface area (Å²) < 4.78 is 13.2. The van der Waals surface area contributed by atoms with Crippen LogP contribution in [0.2, 0.25) is 0 Å². The number of anilines is 1. The second kappa shape index (κ2) is 9.47. The molecule has 8 heteroatoms. The fourth-order valence-electron chi connectivity index (χ4n) is 3.96. The molecular weight excluding hydrogens is 401 g/mol. The average Bonchev–Trinajstić information content (AvgIpc) is 3.25. The Kier molecular flexibility index (Phi) is 6.52. The van der Waals surface area contributed by atoms with Crippen molar-refractivity contribution in [3.63, 3.8) is 0 Å². The monoisotopic (exact) mass is 429 g/mol. The van der Waals surface area contributed by atoms with Crippen LogP contribution in [0.5, 0.6) is 0 Å². The van der Waals surface area contributed by atoms with Crippen LogP contribution in [-0.2, 0) is 17.8 Å². The standard InChI is InChI=1S/C22H28FN5OS/c1-2-24-22(25-15-21(29)28-9-7-20-17(16-28)8-14-30-20)27-12-10-26(11-13-27)19-5-3-18(23)4-6-19/h3-6,8,14H,2,7,9-13,15-16H2,1H3,(H,24,25). The number of carbonyl (C=O) groups excluding carboxylic acids is 1. The van der Waals surface area contributed by atoms with Crippen LogP contribution in [0.25, 0.3) is 0 Å². The maximum Gasteiger partial charge on any atom is 0.244 e. The number of hydrogen-bond acceptors (Lipinski definition) is 4. The number of benzene rings is 1. The first-order valence-corrected chi connectivity index (χ1v) is 11.4. The predicted molar refractivity (Wildman–Crippen MR) is 120 cm³/mol. The smallest absolute Gasteiger partial charge is 0.244 e. The van der Waals surface area contributed by atoms with Crippen molar-refractivity contribution < 1.29 is 9.18 Å². The summed E-state index contributed by atoms with van der Waals surface area (Å²) in [5.74, 6) is 0.651. The molecule has 1 aromatic heterocycles. The van der Waals surface area contributed by atoms with Gasteiger partial charge in [-0.1, -0.05) is 0 Å². The van der Waals surface area contributed by atoms with Gasteiger partial charge in [0.05, 0.1) is 0 Å². The van der Waals surface area contributed by atoms with Gasteiger partial charge in [-0.2, -0.15) is 0 Å². The minimum atomic E-state index is -0.215. The molecule has 1 saturated heterocycles. The van der Waals surface area contributed by atoms with Gasteiger partial charge in [0.1, 0.15) is 12.4 Å². The topological polar surface area (TPSA) is 51.2 Å². The molecule has 2 aliphatic heterocycles. The molecule has 4 rings (SSSR count). The molecule has 6 nitrogen and oxygen atoms in total. The van der Waals surface area contributed by atoms with E-state index in [0.717, 1.165) is 57.3 Å². The lowest BCUT2D eigenvalue weighted by Crippen LogP contribution is -2.52. The highest BCUT2D eigenvalue weighted by Gasteiger charge is 2.23. The van der Waals surface area contributed by atoms with E-state index in [0.29, 0.717) is 6.54 Å². The maximum atomic E-state index is 13.2. The summed E-state index contributed by atoms with van der Waals surface area (Å²) in [6.45, 7) is 7.70. The summed E-state index contributed by atoms with van der Waals surface area (Å²) in [4.78, 5) is 25.1. The van der Waals surface area contributed by atoms with Crippen molar-refractivity contribution in [2.75, 3.05) is 50.7 Å². The average molecular weight is 430 g/mol. The highest BCUT2D eigenvalue weighted by atomic mass is 32.1. The van der Waals surface area contributed by atoms with E-state index in [1.54, 1.807) is 11.3 Å². The second-order valence-electron chi connectivity index (χ2n) is 7.55. The van der Waals surface area contributed by atoms with Gasteiger partial charge in [0, 0.05) is 56.4 Å². The number of thiophene rings is 1. The van der Waals surface area contributed by atoms with E-state index in [-0.39, 0.29) is 18.3 Å². The van der Waals surface area contributed by atoms with Crippen LogP contribution in [0.1, 0.15) is 17.4 Å². The molecule has 30 heavy (non-hydrogen) atoms. The van der Waals surface area contributed by atoms with Crippen LogP contribution in [0.3, 0.4) is 0 Å². The molecular formula is C22H28FN5OS. The first kappa shape index (κ1) is 20.7. The third-order valence-electron chi connectivity index (χ3n) is 5.63. The molecule has 0 unspecified atom stereocenters. The van der Waals surface area contributed by atoms with Gasteiger partial charge < -0.3 is 20.0 Å². The Morgan fingerprint density at radius 2 is 1.87 bits per heavy atom. The number of halogens is 1. The molecule has 1 fully saturated rings. The molecule has 0 atom stereocenters. The van der Waals surface area contributed by atoms with Gasteiger partial charge >= 0.3 is 0 Å². The zero-order valence-electron chi connectivity index (χ0n) is 17.3. The normalized spacial score (nSPS) is 17.1. The summed E-state index contributed by atoms with van der Waals surface area (Å²) in [5.41, 5.74) is 2.30. The van der Waals surface area contributed by atoms with Crippen LogP contribution in [0.15, 0.2) is 40.7 Å². The van der Waals surface area contributed by atoms with E-state index in [2.05, 4.69) is 31.6 Å². The largest absolute Gasteiger partial charge is 0.368 e. The van der Waals surface area contributed by atoms with Gasteiger partial charge in [-0.25, -0.2) is 9.38 Å². The molecule has 0 bridgehead atoms. The fraction of sp³-hybridized carbons (Fsp3) is 0.455. The Bertz CT molecular complexity index is 889. The Hall–Kier alpha value is -2.61. The zero-order chi connectivity index (χ0) is 20.9. The highest BCUT2D eigenvalue weighted by molar-refractivity contribution is 7.10. The van der Waals surface area contributed by atoms with E-state index >= 15 is 0 Å². The molecule has 1 amide bonds. The highest BCUT2D eigenvalue weighted by Crippen LogP contribution is 2.24. The Labute approximate surface area is 181 Å². The summed E-state index contributed by atoms with van der Waals surface area (Å²) in [6, 6.07) is 8.76. The molecule has 3 heterocycles. The Morgan fingerprint density at radius 3 is 2.60 bits per heavy atom. The molecule has 0 radical (unpaired) electrons. The first-order valence-electron chi connectivity index (χ1n) is 10.5. The minimum absolute atomic E-state index is 0.0761. The summed E-state index contributed by atoms with van der Waals surface area (Å²) >= 11 is 1.78. The first-order chi connectivity index (χ1) is 14.6. The number of nitrogens with one attached hydrogen (secondary N) is 1. The fourth-order valence-corrected chi connectivity index (χ4v) is 4.85. The minimum Gasteiger partial charge on any atom is -0.368 e. The van der Waals surface area contributed by atoms with Crippen LogP contribution in [-0.4, -0.2) is 67.5 Å². The van der Waals surface area contributed by atoms with E-state index in [9.17, 15) is 9.18 Å². The molecule has 1 aromatic carbocycles. The van der Waals surface area contributed by atoms with Crippen molar-refractivity contribution in [1.82, 2.24) is 15.1 Å².